The van der Waals surface area contributed by atoms with Crippen molar-refractivity contribution in [2.24, 2.45) is 5.92 Å². The van der Waals surface area contributed by atoms with Crippen LogP contribution in [0.4, 0.5) is 0 Å². The number of cyclic esters (lactones) is 1. The average molecular weight is 540 g/mol. The molecule has 0 spiro atoms. The second-order valence-corrected chi connectivity index (χ2v) is 9.89. The largest absolute Gasteiger partial charge is 0.454 e. The zero-order chi connectivity index (χ0) is 27.7. The van der Waals surface area contributed by atoms with Crippen LogP contribution in [-0.2, 0) is 30.5 Å². The van der Waals surface area contributed by atoms with Crippen molar-refractivity contribution in [1.29, 1.82) is 0 Å². The number of carbonyl (C=O) groups is 4. The highest BCUT2D eigenvalue weighted by atomic mass is 35.5. The minimum absolute atomic E-state index is 0.00125. The summed E-state index contributed by atoms with van der Waals surface area (Å²) in [7, 11) is 1.65. The van der Waals surface area contributed by atoms with Crippen LogP contribution in [0.1, 0.15) is 50.3 Å². The molecule has 2 N–H and O–H groups in total. The highest BCUT2D eigenvalue weighted by Gasteiger charge is 2.34. The number of hydrogen-bond acceptors (Lipinski definition) is 5. The van der Waals surface area contributed by atoms with Gasteiger partial charge in [0.25, 0.3) is 0 Å². The van der Waals surface area contributed by atoms with Crippen molar-refractivity contribution in [2.45, 2.75) is 57.8 Å². The van der Waals surface area contributed by atoms with E-state index < -0.39 is 30.1 Å². The number of ether oxygens (including phenoxy) is 1. The summed E-state index contributed by atoms with van der Waals surface area (Å²) in [5, 5.41) is 6.14. The van der Waals surface area contributed by atoms with Gasteiger partial charge in [0.1, 0.15) is 12.1 Å². The number of rotatable bonds is 6. The molecule has 0 saturated carbocycles. The number of esters is 1. The summed E-state index contributed by atoms with van der Waals surface area (Å²) in [4.78, 5) is 52.7. The number of allylic oxidation sites excluding steroid dienone is 1. The molecule has 0 saturated heterocycles. The van der Waals surface area contributed by atoms with Crippen molar-refractivity contribution in [3.63, 3.8) is 0 Å². The lowest BCUT2D eigenvalue weighted by Crippen LogP contribution is -2.46. The Kier molecular flexibility index (Phi) is 10.5. The van der Waals surface area contributed by atoms with E-state index in [0.717, 1.165) is 11.1 Å². The zero-order valence-electron chi connectivity index (χ0n) is 21.9. The van der Waals surface area contributed by atoms with E-state index in [1.54, 1.807) is 38.3 Å². The fourth-order valence-electron chi connectivity index (χ4n) is 4.31. The molecule has 8 nitrogen and oxygen atoms in total. The third-order valence-electron chi connectivity index (χ3n) is 6.57. The Morgan fingerprint density at radius 3 is 2.34 bits per heavy atom. The van der Waals surface area contributed by atoms with Crippen molar-refractivity contribution >= 4 is 35.3 Å². The topological polar surface area (TPSA) is 105 Å². The average Bonchev–Trinajstić information content (AvgIpc) is 2.90. The van der Waals surface area contributed by atoms with Crippen LogP contribution in [0, 0.1) is 5.92 Å². The van der Waals surface area contributed by atoms with Crippen LogP contribution in [0.3, 0.4) is 0 Å². The molecule has 0 bridgehead atoms. The first-order chi connectivity index (χ1) is 18.2. The first-order valence-electron chi connectivity index (χ1n) is 12.6. The van der Waals surface area contributed by atoms with Crippen LogP contribution in [0.5, 0.6) is 0 Å². The van der Waals surface area contributed by atoms with Gasteiger partial charge in [0.15, 0.2) is 0 Å². The van der Waals surface area contributed by atoms with Crippen LogP contribution < -0.4 is 10.6 Å². The molecule has 3 rings (SSSR count). The Morgan fingerprint density at radius 1 is 1.03 bits per heavy atom. The molecule has 2 aromatic rings. The molecule has 1 aliphatic rings. The van der Waals surface area contributed by atoms with Gasteiger partial charge in [-0.1, -0.05) is 66.2 Å². The Balaban J connectivity index is 1.83. The van der Waals surface area contributed by atoms with Crippen LogP contribution >= 0.6 is 11.6 Å². The quantitative estimate of drug-likeness (QED) is 0.427. The number of carbonyl (C=O) groups excluding carboxylic acids is 4. The molecule has 0 radical (unpaired) electrons. The van der Waals surface area contributed by atoms with Gasteiger partial charge in [0.2, 0.25) is 17.7 Å². The number of amides is 3. The van der Waals surface area contributed by atoms with Crippen molar-refractivity contribution in [2.75, 3.05) is 7.05 Å². The fourth-order valence-corrected chi connectivity index (χ4v) is 4.44. The Morgan fingerprint density at radius 2 is 1.68 bits per heavy atom. The molecule has 38 heavy (non-hydrogen) atoms. The first kappa shape index (κ1) is 28.9. The normalized spacial score (nSPS) is 23.4. The van der Waals surface area contributed by atoms with Crippen LogP contribution in [0.2, 0.25) is 5.02 Å². The standard InChI is InChI=1S/C29H34ClN3O5/c1-19-27(22-9-5-4-6-10-22)38-29(37)25(32-20(2)34)12-8-7-11-23(28(36)33(19)3)17-26(35)31-18-21-13-15-24(30)16-14-21/h4-10,13-16,19,23,25,27H,11-12,17-18H2,1-3H3,(H,31,35)(H,32,34)/b8-7-/t19-,23-,25-,27-/m0/s1. The third-order valence-corrected chi connectivity index (χ3v) is 6.82. The predicted molar refractivity (Wildman–Crippen MR) is 145 cm³/mol. The van der Waals surface area contributed by atoms with Gasteiger partial charge in [-0.25, -0.2) is 4.79 Å². The van der Waals surface area contributed by atoms with Crippen molar-refractivity contribution in [3.8, 4) is 0 Å². The molecule has 1 aliphatic heterocycles. The Labute approximate surface area is 228 Å². The predicted octanol–water partition coefficient (Wildman–Crippen LogP) is 3.95. The number of nitrogens with zero attached hydrogens (tertiary/aromatic N) is 1. The monoisotopic (exact) mass is 539 g/mol. The maximum Gasteiger partial charge on any atom is 0.329 e. The molecule has 3 amide bonds. The van der Waals surface area contributed by atoms with Gasteiger partial charge in [-0.3, -0.25) is 14.4 Å². The Bertz CT molecular complexity index is 1150. The van der Waals surface area contributed by atoms with Gasteiger partial charge in [-0.15, -0.1) is 0 Å². The molecule has 4 atom stereocenters. The van der Waals surface area contributed by atoms with E-state index in [9.17, 15) is 19.2 Å². The molecule has 0 aromatic heterocycles. The third kappa shape index (κ3) is 8.18. The number of halogens is 1. The van der Waals surface area contributed by atoms with E-state index in [4.69, 9.17) is 16.3 Å². The smallest absolute Gasteiger partial charge is 0.329 e. The van der Waals surface area contributed by atoms with Crippen molar-refractivity contribution < 1.29 is 23.9 Å². The molecular formula is C29H34ClN3O5. The number of likely N-dealkylation sites (N-methyl/N-ethyl adjacent to an activating group) is 1. The number of hydrogen-bond donors (Lipinski definition) is 2. The van der Waals surface area contributed by atoms with Gasteiger partial charge in [0.05, 0.1) is 12.0 Å². The van der Waals surface area contributed by atoms with E-state index in [2.05, 4.69) is 10.6 Å². The molecule has 1 heterocycles. The molecule has 202 valence electrons. The maximum atomic E-state index is 13.6. The molecule has 9 heteroatoms. The van der Waals surface area contributed by atoms with E-state index in [-0.39, 0.29) is 30.6 Å². The minimum atomic E-state index is -0.872. The van der Waals surface area contributed by atoms with E-state index in [1.165, 1.54) is 11.8 Å². The number of nitrogens with one attached hydrogen (secondary N) is 2. The molecular weight excluding hydrogens is 506 g/mol. The SMILES string of the molecule is CC(=O)N[C@H]1C/C=C\C[C@@H](CC(=O)NCc2ccc(Cl)cc2)C(=O)N(C)[C@@H](C)[C@@H](c2ccccc2)OC1=O. The highest BCUT2D eigenvalue weighted by molar-refractivity contribution is 6.30. The van der Waals surface area contributed by atoms with Gasteiger partial charge in [-0.05, 0) is 43.0 Å². The zero-order valence-corrected chi connectivity index (χ0v) is 22.6. The summed E-state index contributed by atoms with van der Waals surface area (Å²) in [5.41, 5.74) is 1.62. The molecule has 0 fully saturated rings. The van der Waals surface area contributed by atoms with Gasteiger partial charge < -0.3 is 20.3 Å². The second-order valence-electron chi connectivity index (χ2n) is 9.46. The fraction of sp³-hybridized carbons (Fsp3) is 0.379. The minimum Gasteiger partial charge on any atom is -0.454 e. The Hall–Kier alpha value is -3.65. The van der Waals surface area contributed by atoms with Gasteiger partial charge >= 0.3 is 5.97 Å². The van der Waals surface area contributed by atoms with Gasteiger partial charge in [-0.2, -0.15) is 0 Å². The van der Waals surface area contributed by atoms with Crippen molar-refractivity contribution in [1.82, 2.24) is 15.5 Å². The van der Waals surface area contributed by atoms with E-state index in [1.807, 2.05) is 42.5 Å². The lowest BCUT2D eigenvalue weighted by molar-refractivity contribution is -0.159. The second kappa shape index (κ2) is 13.8. The summed E-state index contributed by atoms with van der Waals surface area (Å²) >= 11 is 5.93. The lowest BCUT2D eigenvalue weighted by atomic mass is 9.95. The summed E-state index contributed by atoms with van der Waals surface area (Å²) in [6.45, 7) is 3.47. The van der Waals surface area contributed by atoms with E-state index in [0.29, 0.717) is 18.0 Å². The maximum absolute atomic E-state index is 13.6. The lowest BCUT2D eigenvalue weighted by Gasteiger charge is -2.35. The van der Waals surface area contributed by atoms with Crippen molar-refractivity contribution in [3.05, 3.63) is 82.9 Å². The highest BCUT2D eigenvalue weighted by Crippen LogP contribution is 2.28. The number of benzene rings is 2. The molecule has 0 unspecified atom stereocenters. The summed E-state index contributed by atoms with van der Waals surface area (Å²) in [5.74, 6) is -2.01. The molecule has 2 aromatic carbocycles. The summed E-state index contributed by atoms with van der Waals surface area (Å²) < 4.78 is 5.90. The molecule has 0 aliphatic carbocycles. The van der Waals surface area contributed by atoms with Crippen LogP contribution in [0.25, 0.3) is 0 Å². The van der Waals surface area contributed by atoms with Crippen LogP contribution in [0.15, 0.2) is 66.7 Å². The van der Waals surface area contributed by atoms with Crippen LogP contribution in [-0.4, -0.2) is 47.7 Å². The summed E-state index contributed by atoms with van der Waals surface area (Å²) in [6, 6.07) is 14.9. The summed E-state index contributed by atoms with van der Waals surface area (Å²) in [6.07, 6.45) is 3.24. The first-order valence-corrected chi connectivity index (χ1v) is 13.0. The van der Waals surface area contributed by atoms with E-state index >= 15 is 0 Å². The van der Waals surface area contributed by atoms with Gasteiger partial charge in [0, 0.05) is 32.0 Å².